The maximum absolute atomic E-state index is 12.8. The Hall–Kier alpha value is -3.13. The molecule has 0 aromatic heterocycles. The lowest BCUT2D eigenvalue weighted by molar-refractivity contribution is -0.123. The number of benzene rings is 2. The largest absolute Gasteiger partial charge is 0.502 e. The highest BCUT2D eigenvalue weighted by Crippen LogP contribution is 2.39. The SMILES string of the molecule is COc1cc(/C=C2\SC(=O)N(CCOc3cc(C)ccc3C(C)C)C2=O)cc(OC)c1O. The minimum atomic E-state index is -0.386. The Balaban J connectivity index is 1.73. The summed E-state index contributed by atoms with van der Waals surface area (Å²) in [6.45, 7) is 6.52. The monoisotopic (exact) mass is 457 g/mol. The zero-order valence-electron chi connectivity index (χ0n) is 18.8. The van der Waals surface area contributed by atoms with Crippen LogP contribution in [0, 0.1) is 6.92 Å². The number of hydrogen-bond donors (Lipinski definition) is 1. The van der Waals surface area contributed by atoms with Crippen molar-refractivity contribution < 1.29 is 28.9 Å². The number of methoxy groups -OCH3 is 2. The zero-order valence-corrected chi connectivity index (χ0v) is 19.6. The van der Waals surface area contributed by atoms with Crippen LogP contribution in [-0.2, 0) is 4.79 Å². The number of aryl methyl sites for hydroxylation is 1. The zero-order chi connectivity index (χ0) is 23.4. The van der Waals surface area contributed by atoms with Gasteiger partial charge in [-0.15, -0.1) is 0 Å². The van der Waals surface area contributed by atoms with Crippen molar-refractivity contribution in [2.45, 2.75) is 26.7 Å². The van der Waals surface area contributed by atoms with Crippen LogP contribution in [0.4, 0.5) is 4.79 Å². The second-order valence-corrected chi connectivity index (χ2v) is 8.65. The molecule has 170 valence electrons. The van der Waals surface area contributed by atoms with E-state index in [4.69, 9.17) is 14.2 Å². The molecule has 7 nitrogen and oxygen atoms in total. The number of phenols is 1. The highest BCUT2D eigenvalue weighted by molar-refractivity contribution is 8.18. The quantitative estimate of drug-likeness (QED) is 0.561. The lowest BCUT2D eigenvalue weighted by atomic mass is 10.0. The van der Waals surface area contributed by atoms with Gasteiger partial charge in [0.25, 0.3) is 11.1 Å². The number of hydrogen-bond acceptors (Lipinski definition) is 7. The summed E-state index contributed by atoms with van der Waals surface area (Å²) in [6.07, 6.45) is 1.58. The summed E-state index contributed by atoms with van der Waals surface area (Å²) in [5.41, 5.74) is 2.73. The van der Waals surface area contributed by atoms with Crippen LogP contribution in [0.3, 0.4) is 0 Å². The van der Waals surface area contributed by atoms with Crippen LogP contribution in [0.1, 0.15) is 36.5 Å². The van der Waals surface area contributed by atoms with E-state index in [0.717, 1.165) is 28.6 Å². The second kappa shape index (κ2) is 9.99. The number of imide groups is 1. The summed E-state index contributed by atoms with van der Waals surface area (Å²) < 4.78 is 16.2. The fourth-order valence-corrected chi connectivity index (χ4v) is 4.20. The molecule has 0 unspecified atom stereocenters. The van der Waals surface area contributed by atoms with Gasteiger partial charge < -0.3 is 19.3 Å². The van der Waals surface area contributed by atoms with Crippen molar-refractivity contribution in [3.05, 3.63) is 51.9 Å². The molecule has 2 amide bonds. The van der Waals surface area contributed by atoms with E-state index >= 15 is 0 Å². The van der Waals surface area contributed by atoms with Crippen molar-refractivity contribution in [1.29, 1.82) is 0 Å². The minimum absolute atomic E-state index is 0.130. The van der Waals surface area contributed by atoms with Gasteiger partial charge in [0.05, 0.1) is 25.7 Å². The highest BCUT2D eigenvalue weighted by atomic mass is 32.2. The molecule has 0 spiro atoms. The van der Waals surface area contributed by atoms with E-state index in [0.29, 0.717) is 11.5 Å². The maximum atomic E-state index is 12.8. The Morgan fingerprint density at radius 1 is 1.06 bits per heavy atom. The van der Waals surface area contributed by atoms with Gasteiger partial charge in [0.15, 0.2) is 11.5 Å². The van der Waals surface area contributed by atoms with E-state index in [-0.39, 0.29) is 46.5 Å². The minimum Gasteiger partial charge on any atom is -0.502 e. The molecular formula is C24H27NO6S. The first-order valence-corrected chi connectivity index (χ1v) is 11.0. The van der Waals surface area contributed by atoms with Gasteiger partial charge in [0.2, 0.25) is 5.75 Å². The van der Waals surface area contributed by atoms with Gasteiger partial charge in [0, 0.05) is 0 Å². The number of aromatic hydroxyl groups is 1. The molecule has 1 aliphatic rings. The van der Waals surface area contributed by atoms with Crippen LogP contribution >= 0.6 is 11.8 Å². The van der Waals surface area contributed by atoms with Crippen LogP contribution in [0.25, 0.3) is 6.08 Å². The Bertz CT molecular complexity index is 1040. The first-order chi connectivity index (χ1) is 15.2. The molecule has 1 fully saturated rings. The second-order valence-electron chi connectivity index (χ2n) is 7.65. The molecule has 2 aromatic carbocycles. The Kier molecular flexibility index (Phi) is 7.35. The van der Waals surface area contributed by atoms with Gasteiger partial charge in [-0.1, -0.05) is 26.0 Å². The van der Waals surface area contributed by atoms with E-state index in [9.17, 15) is 14.7 Å². The number of thioether (sulfide) groups is 1. The lowest BCUT2D eigenvalue weighted by Gasteiger charge is -2.17. The third-order valence-electron chi connectivity index (χ3n) is 5.04. The molecule has 0 bridgehead atoms. The number of nitrogens with zero attached hydrogens (tertiary/aromatic N) is 1. The summed E-state index contributed by atoms with van der Waals surface area (Å²) in [7, 11) is 2.84. The molecule has 0 radical (unpaired) electrons. The molecule has 1 heterocycles. The predicted octanol–water partition coefficient (Wildman–Crippen LogP) is 4.96. The van der Waals surface area contributed by atoms with Crippen molar-refractivity contribution in [2.75, 3.05) is 27.4 Å². The van der Waals surface area contributed by atoms with Gasteiger partial charge in [-0.3, -0.25) is 14.5 Å². The van der Waals surface area contributed by atoms with E-state index in [1.165, 1.54) is 19.1 Å². The third-order valence-corrected chi connectivity index (χ3v) is 5.94. The van der Waals surface area contributed by atoms with Gasteiger partial charge in [-0.05, 0) is 65.6 Å². The predicted molar refractivity (Wildman–Crippen MR) is 125 cm³/mol. The van der Waals surface area contributed by atoms with Crippen LogP contribution < -0.4 is 14.2 Å². The molecule has 2 aromatic rings. The number of ether oxygens (including phenoxy) is 3. The van der Waals surface area contributed by atoms with E-state index < -0.39 is 0 Å². The lowest BCUT2D eigenvalue weighted by Crippen LogP contribution is -2.32. The smallest absolute Gasteiger partial charge is 0.293 e. The number of carbonyl (C=O) groups excluding carboxylic acids is 2. The Morgan fingerprint density at radius 3 is 2.31 bits per heavy atom. The number of rotatable bonds is 8. The molecule has 1 saturated heterocycles. The van der Waals surface area contributed by atoms with E-state index in [1.807, 2.05) is 25.1 Å². The molecule has 0 atom stereocenters. The number of amides is 2. The molecule has 0 aliphatic carbocycles. The molecule has 8 heteroatoms. The molecule has 0 saturated carbocycles. The van der Waals surface area contributed by atoms with E-state index in [2.05, 4.69) is 13.8 Å². The fraction of sp³-hybridized carbons (Fsp3) is 0.333. The molecule has 32 heavy (non-hydrogen) atoms. The van der Waals surface area contributed by atoms with Crippen molar-refractivity contribution in [2.24, 2.45) is 0 Å². The molecular weight excluding hydrogens is 430 g/mol. The molecule has 1 N–H and O–H groups in total. The summed E-state index contributed by atoms with van der Waals surface area (Å²) >= 11 is 0.863. The molecule has 3 rings (SSSR count). The van der Waals surface area contributed by atoms with Crippen molar-refractivity contribution in [1.82, 2.24) is 4.90 Å². The summed E-state index contributed by atoms with van der Waals surface area (Å²) in [6, 6.07) is 9.18. The number of phenolic OH excluding ortho intramolecular Hbond substituents is 1. The molecule has 1 aliphatic heterocycles. The summed E-state index contributed by atoms with van der Waals surface area (Å²) in [5.74, 6) is 0.970. The maximum Gasteiger partial charge on any atom is 0.293 e. The van der Waals surface area contributed by atoms with E-state index in [1.54, 1.807) is 18.2 Å². The standard InChI is InChI=1S/C24H27NO6S/c1-14(2)17-7-6-15(3)10-18(17)31-9-8-25-23(27)21(32-24(25)28)13-16-11-19(29-4)22(26)20(12-16)30-5/h6-7,10-14,26H,8-9H2,1-5H3/b21-13-. The Labute approximate surface area is 192 Å². The average Bonchev–Trinajstić information content (AvgIpc) is 3.01. The van der Waals surface area contributed by atoms with Gasteiger partial charge >= 0.3 is 0 Å². The van der Waals surface area contributed by atoms with Gasteiger partial charge in [-0.25, -0.2) is 0 Å². The summed E-state index contributed by atoms with van der Waals surface area (Å²) in [5, 5.41) is 9.70. The fourth-order valence-electron chi connectivity index (χ4n) is 3.33. The topological polar surface area (TPSA) is 85.3 Å². The normalized spacial score (nSPS) is 15.1. The van der Waals surface area contributed by atoms with Crippen LogP contribution in [0.15, 0.2) is 35.2 Å². The number of carbonyl (C=O) groups is 2. The van der Waals surface area contributed by atoms with Crippen molar-refractivity contribution in [3.8, 4) is 23.0 Å². The average molecular weight is 458 g/mol. The summed E-state index contributed by atoms with van der Waals surface area (Å²) in [4.78, 5) is 26.7. The van der Waals surface area contributed by atoms with Crippen LogP contribution in [-0.4, -0.2) is 48.5 Å². The van der Waals surface area contributed by atoms with Crippen molar-refractivity contribution in [3.63, 3.8) is 0 Å². The first-order valence-electron chi connectivity index (χ1n) is 10.2. The van der Waals surface area contributed by atoms with Gasteiger partial charge in [-0.2, -0.15) is 0 Å². The van der Waals surface area contributed by atoms with Crippen molar-refractivity contribution >= 4 is 29.0 Å². The highest BCUT2D eigenvalue weighted by Gasteiger charge is 2.35. The first kappa shape index (κ1) is 23.5. The van der Waals surface area contributed by atoms with Gasteiger partial charge in [0.1, 0.15) is 12.4 Å². The van der Waals surface area contributed by atoms with Crippen LogP contribution in [0.2, 0.25) is 0 Å². The third kappa shape index (κ3) is 5.02. The van der Waals surface area contributed by atoms with Crippen LogP contribution in [0.5, 0.6) is 23.0 Å². The Morgan fingerprint density at radius 2 is 1.72 bits per heavy atom.